The summed E-state index contributed by atoms with van der Waals surface area (Å²) in [5.74, 6) is -0.201. The summed E-state index contributed by atoms with van der Waals surface area (Å²) < 4.78 is 13.1. The molecule has 0 amide bonds. The van der Waals surface area contributed by atoms with Gasteiger partial charge in [-0.2, -0.15) is 0 Å². The van der Waals surface area contributed by atoms with Crippen molar-refractivity contribution in [3.8, 4) is 0 Å². The van der Waals surface area contributed by atoms with Gasteiger partial charge in [0, 0.05) is 44.5 Å². The van der Waals surface area contributed by atoms with Crippen molar-refractivity contribution in [2.45, 2.75) is 6.04 Å². The fraction of sp³-hybridized carbons (Fsp3) is 0.333. The van der Waals surface area contributed by atoms with E-state index in [0.29, 0.717) is 6.54 Å². The Morgan fingerprint density at radius 3 is 2.14 bits per heavy atom. The maximum Gasteiger partial charge on any atom is 0.123 e. The van der Waals surface area contributed by atoms with Gasteiger partial charge in [-0.25, -0.2) is 4.39 Å². The van der Waals surface area contributed by atoms with Crippen LogP contribution in [-0.2, 0) is 0 Å². The number of hydrogen-bond donors (Lipinski definition) is 1. The molecule has 1 heterocycles. The lowest BCUT2D eigenvalue weighted by molar-refractivity contribution is 0.190. The summed E-state index contributed by atoms with van der Waals surface area (Å²) in [6, 6.07) is 17.4. The molecule has 2 aromatic rings. The molecule has 1 aliphatic rings. The normalized spacial score (nSPS) is 17.5. The first-order valence-corrected chi connectivity index (χ1v) is 7.77. The fourth-order valence-corrected chi connectivity index (χ4v) is 3.11. The zero-order valence-corrected chi connectivity index (χ0v) is 12.7. The Bertz CT molecular complexity index is 577. The van der Waals surface area contributed by atoms with Gasteiger partial charge in [-0.05, 0) is 29.8 Å². The second-order valence-electron chi connectivity index (χ2n) is 5.66. The molecule has 1 aliphatic heterocycles. The van der Waals surface area contributed by atoms with Crippen molar-refractivity contribution >= 4 is 5.69 Å². The van der Waals surface area contributed by atoms with Crippen molar-refractivity contribution in [1.29, 1.82) is 0 Å². The molecule has 1 saturated heterocycles. The molecule has 1 atom stereocenters. The Balaban J connectivity index is 1.65. The zero-order chi connectivity index (χ0) is 15.4. The van der Waals surface area contributed by atoms with E-state index < -0.39 is 0 Å². The largest absolute Gasteiger partial charge is 0.369 e. The van der Waals surface area contributed by atoms with Gasteiger partial charge in [0.05, 0.1) is 0 Å². The van der Waals surface area contributed by atoms with Crippen molar-refractivity contribution < 1.29 is 4.39 Å². The summed E-state index contributed by atoms with van der Waals surface area (Å²) in [4.78, 5) is 4.79. The first kappa shape index (κ1) is 15.0. The fourth-order valence-electron chi connectivity index (χ4n) is 3.11. The average molecular weight is 299 g/mol. The minimum Gasteiger partial charge on any atom is -0.369 e. The molecular formula is C18H22FN3. The van der Waals surface area contributed by atoms with Gasteiger partial charge in [0.15, 0.2) is 0 Å². The van der Waals surface area contributed by atoms with E-state index in [0.717, 1.165) is 31.7 Å². The molecule has 1 fully saturated rings. The van der Waals surface area contributed by atoms with E-state index in [1.54, 1.807) is 0 Å². The highest BCUT2D eigenvalue weighted by Gasteiger charge is 2.24. The second kappa shape index (κ2) is 6.90. The van der Waals surface area contributed by atoms with Crippen LogP contribution in [-0.4, -0.2) is 37.6 Å². The summed E-state index contributed by atoms with van der Waals surface area (Å²) in [6.07, 6.45) is 0. The monoisotopic (exact) mass is 299 g/mol. The summed E-state index contributed by atoms with van der Waals surface area (Å²) in [5.41, 5.74) is 8.34. The minimum absolute atomic E-state index is 0.165. The Labute approximate surface area is 131 Å². The lowest BCUT2D eigenvalue weighted by Crippen LogP contribution is -2.49. The van der Waals surface area contributed by atoms with Crippen molar-refractivity contribution in [2.75, 3.05) is 37.6 Å². The van der Waals surface area contributed by atoms with E-state index in [1.807, 2.05) is 18.2 Å². The molecule has 3 rings (SSSR count). The van der Waals surface area contributed by atoms with Crippen LogP contribution in [0.2, 0.25) is 0 Å². The Kier molecular flexibility index (Phi) is 4.71. The first-order chi connectivity index (χ1) is 10.8. The van der Waals surface area contributed by atoms with Crippen LogP contribution in [0.3, 0.4) is 0 Å². The standard InChI is InChI=1S/C18H22FN3/c19-16-8-6-15(7-9-16)18(14-20)22-12-10-21(11-13-22)17-4-2-1-3-5-17/h1-9,18H,10-14,20H2. The summed E-state index contributed by atoms with van der Waals surface area (Å²) in [6.45, 7) is 4.46. The summed E-state index contributed by atoms with van der Waals surface area (Å²) >= 11 is 0. The number of piperazine rings is 1. The topological polar surface area (TPSA) is 32.5 Å². The molecule has 4 heteroatoms. The molecular weight excluding hydrogens is 277 g/mol. The molecule has 2 aromatic carbocycles. The lowest BCUT2D eigenvalue weighted by atomic mass is 10.0. The Hall–Kier alpha value is -1.91. The van der Waals surface area contributed by atoms with Gasteiger partial charge in [-0.3, -0.25) is 4.90 Å². The van der Waals surface area contributed by atoms with E-state index in [1.165, 1.54) is 17.8 Å². The predicted molar refractivity (Wildman–Crippen MR) is 88.4 cm³/mol. The van der Waals surface area contributed by atoms with Gasteiger partial charge < -0.3 is 10.6 Å². The van der Waals surface area contributed by atoms with Crippen LogP contribution in [0.15, 0.2) is 54.6 Å². The number of halogens is 1. The molecule has 0 bridgehead atoms. The molecule has 0 saturated carbocycles. The summed E-state index contributed by atoms with van der Waals surface area (Å²) in [7, 11) is 0. The van der Waals surface area contributed by atoms with Crippen LogP contribution in [0.1, 0.15) is 11.6 Å². The molecule has 1 unspecified atom stereocenters. The van der Waals surface area contributed by atoms with Gasteiger partial charge in [-0.15, -0.1) is 0 Å². The average Bonchev–Trinajstić information content (AvgIpc) is 2.59. The molecule has 0 spiro atoms. The number of rotatable bonds is 4. The van der Waals surface area contributed by atoms with E-state index in [2.05, 4.69) is 34.1 Å². The Morgan fingerprint density at radius 1 is 0.909 bits per heavy atom. The van der Waals surface area contributed by atoms with Crippen molar-refractivity contribution in [1.82, 2.24) is 4.90 Å². The highest BCUT2D eigenvalue weighted by molar-refractivity contribution is 5.46. The van der Waals surface area contributed by atoms with Crippen LogP contribution in [0.4, 0.5) is 10.1 Å². The number of nitrogens with two attached hydrogens (primary N) is 1. The zero-order valence-electron chi connectivity index (χ0n) is 12.7. The molecule has 0 aromatic heterocycles. The van der Waals surface area contributed by atoms with E-state index in [-0.39, 0.29) is 11.9 Å². The minimum atomic E-state index is -0.201. The number of anilines is 1. The molecule has 0 aliphatic carbocycles. The Morgan fingerprint density at radius 2 is 1.55 bits per heavy atom. The van der Waals surface area contributed by atoms with Gasteiger partial charge in [-0.1, -0.05) is 30.3 Å². The molecule has 22 heavy (non-hydrogen) atoms. The molecule has 0 radical (unpaired) electrons. The van der Waals surface area contributed by atoms with Crippen molar-refractivity contribution in [3.63, 3.8) is 0 Å². The third kappa shape index (κ3) is 3.29. The van der Waals surface area contributed by atoms with Crippen LogP contribution in [0, 0.1) is 5.82 Å². The van der Waals surface area contributed by atoms with E-state index in [4.69, 9.17) is 5.73 Å². The molecule has 3 nitrogen and oxygen atoms in total. The highest BCUT2D eigenvalue weighted by atomic mass is 19.1. The third-order valence-electron chi connectivity index (χ3n) is 4.35. The number of benzene rings is 2. The third-order valence-corrected chi connectivity index (χ3v) is 4.35. The van der Waals surface area contributed by atoms with Crippen molar-refractivity contribution in [3.05, 3.63) is 66.0 Å². The van der Waals surface area contributed by atoms with Crippen molar-refractivity contribution in [2.24, 2.45) is 5.73 Å². The number of nitrogens with zero attached hydrogens (tertiary/aromatic N) is 2. The van der Waals surface area contributed by atoms with Crippen LogP contribution < -0.4 is 10.6 Å². The smallest absolute Gasteiger partial charge is 0.123 e. The number of hydrogen-bond acceptors (Lipinski definition) is 3. The van der Waals surface area contributed by atoms with Gasteiger partial charge in [0.1, 0.15) is 5.82 Å². The quantitative estimate of drug-likeness (QED) is 0.942. The maximum atomic E-state index is 13.1. The van der Waals surface area contributed by atoms with E-state index in [9.17, 15) is 4.39 Å². The SMILES string of the molecule is NCC(c1ccc(F)cc1)N1CCN(c2ccccc2)CC1. The lowest BCUT2D eigenvalue weighted by Gasteiger charge is -2.40. The van der Waals surface area contributed by atoms with Gasteiger partial charge in [0.2, 0.25) is 0 Å². The second-order valence-corrected chi connectivity index (χ2v) is 5.66. The van der Waals surface area contributed by atoms with Gasteiger partial charge in [0.25, 0.3) is 0 Å². The molecule has 2 N–H and O–H groups in total. The predicted octanol–water partition coefficient (Wildman–Crippen LogP) is 2.65. The van der Waals surface area contributed by atoms with Crippen LogP contribution in [0.5, 0.6) is 0 Å². The van der Waals surface area contributed by atoms with Gasteiger partial charge >= 0.3 is 0 Å². The molecule has 116 valence electrons. The summed E-state index contributed by atoms with van der Waals surface area (Å²) in [5, 5.41) is 0. The van der Waals surface area contributed by atoms with Crippen LogP contribution in [0.25, 0.3) is 0 Å². The van der Waals surface area contributed by atoms with Crippen LogP contribution >= 0.6 is 0 Å². The highest BCUT2D eigenvalue weighted by Crippen LogP contribution is 2.23. The van der Waals surface area contributed by atoms with E-state index >= 15 is 0 Å². The number of para-hydroxylation sites is 1. The first-order valence-electron chi connectivity index (χ1n) is 7.77. The maximum absolute atomic E-state index is 13.1.